The Labute approximate surface area is 122 Å². The number of carbonyl (C=O) groups excluding carboxylic acids is 1. The van der Waals surface area contributed by atoms with Gasteiger partial charge in [-0.25, -0.2) is 0 Å². The fourth-order valence-corrected chi connectivity index (χ4v) is 2.86. The van der Waals surface area contributed by atoms with Crippen LogP contribution in [0.4, 0.5) is 0 Å². The molecule has 5 nitrogen and oxygen atoms in total. The van der Waals surface area contributed by atoms with Crippen LogP contribution < -0.4 is 11.1 Å². The molecular weight excluding hydrogens is 256 g/mol. The first-order chi connectivity index (χ1) is 9.58. The van der Waals surface area contributed by atoms with E-state index in [0.29, 0.717) is 26.2 Å². The van der Waals surface area contributed by atoms with Crippen molar-refractivity contribution in [3.63, 3.8) is 0 Å². The van der Waals surface area contributed by atoms with Crippen LogP contribution in [-0.2, 0) is 9.53 Å². The maximum atomic E-state index is 12.2. The van der Waals surface area contributed by atoms with E-state index in [0.717, 1.165) is 25.7 Å². The lowest BCUT2D eigenvalue weighted by atomic mass is 9.79. The second kappa shape index (κ2) is 8.60. The minimum absolute atomic E-state index is 0.0141. The summed E-state index contributed by atoms with van der Waals surface area (Å²) >= 11 is 0. The van der Waals surface area contributed by atoms with Crippen molar-refractivity contribution in [1.29, 1.82) is 0 Å². The second-order valence-corrected chi connectivity index (χ2v) is 5.87. The number of carbonyl (C=O) groups is 1. The van der Waals surface area contributed by atoms with E-state index in [1.807, 2.05) is 0 Å². The first-order valence-electron chi connectivity index (χ1n) is 7.80. The van der Waals surface area contributed by atoms with Gasteiger partial charge in [-0.1, -0.05) is 13.8 Å². The Bertz CT molecular complexity index is 287. The zero-order chi connectivity index (χ0) is 15.0. The summed E-state index contributed by atoms with van der Waals surface area (Å²) in [6, 6.07) is -0.445. The molecule has 0 aromatic carbocycles. The monoisotopic (exact) mass is 286 g/mol. The molecule has 20 heavy (non-hydrogen) atoms. The molecule has 1 rings (SSSR count). The highest BCUT2D eigenvalue weighted by molar-refractivity contribution is 5.81. The molecule has 0 aromatic rings. The summed E-state index contributed by atoms with van der Waals surface area (Å²) in [5, 5.41) is 12.2. The zero-order valence-corrected chi connectivity index (χ0v) is 12.9. The van der Waals surface area contributed by atoms with Crippen molar-refractivity contribution in [3.8, 4) is 0 Å². The summed E-state index contributed by atoms with van der Waals surface area (Å²) in [7, 11) is 0. The van der Waals surface area contributed by atoms with E-state index in [9.17, 15) is 9.90 Å². The zero-order valence-electron chi connectivity index (χ0n) is 12.9. The van der Waals surface area contributed by atoms with Gasteiger partial charge < -0.3 is 20.9 Å². The van der Waals surface area contributed by atoms with Gasteiger partial charge in [0, 0.05) is 26.4 Å². The molecule has 1 heterocycles. The number of rotatable bonds is 8. The van der Waals surface area contributed by atoms with Gasteiger partial charge in [-0.05, 0) is 43.4 Å². The van der Waals surface area contributed by atoms with Crippen LogP contribution >= 0.6 is 0 Å². The highest BCUT2D eigenvalue weighted by Crippen LogP contribution is 2.29. The molecule has 1 aliphatic heterocycles. The van der Waals surface area contributed by atoms with E-state index >= 15 is 0 Å². The van der Waals surface area contributed by atoms with Crippen molar-refractivity contribution >= 4 is 5.91 Å². The lowest BCUT2D eigenvalue weighted by Gasteiger charge is -2.33. The molecular formula is C15H30N2O3. The largest absolute Gasteiger partial charge is 0.396 e. The van der Waals surface area contributed by atoms with Crippen molar-refractivity contribution in [2.45, 2.75) is 52.0 Å². The molecule has 1 fully saturated rings. The molecule has 1 unspecified atom stereocenters. The minimum atomic E-state index is -0.445. The fourth-order valence-electron chi connectivity index (χ4n) is 2.86. The Morgan fingerprint density at radius 3 is 2.50 bits per heavy atom. The quantitative estimate of drug-likeness (QED) is 0.622. The highest BCUT2D eigenvalue weighted by atomic mass is 16.5. The molecule has 1 atom stereocenters. The van der Waals surface area contributed by atoms with Crippen LogP contribution in [0, 0.1) is 11.3 Å². The summed E-state index contributed by atoms with van der Waals surface area (Å²) in [4.78, 5) is 12.2. The van der Waals surface area contributed by atoms with E-state index in [-0.39, 0.29) is 23.8 Å². The molecule has 0 saturated carbocycles. The standard InChI is InChI=1S/C15H30N2O3/c1-3-15(4-2,7-8-18)11-17-14(19)13(16)12-5-9-20-10-6-12/h12-13,18H,3-11,16H2,1-2H3,(H,17,19). The summed E-state index contributed by atoms with van der Waals surface area (Å²) in [6.07, 6.45) is 4.32. The number of ether oxygens (including phenoxy) is 1. The second-order valence-electron chi connectivity index (χ2n) is 5.87. The molecule has 0 aromatic heterocycles. The van der Waals surface area contributed by atoms with Gasteiger partial charge in [0.15, 0.2) is 0 Å². The average molecular weight is 286 g/mol. The number of aliphatic hydroxyl groups is 1. The normalized spacial score (nSPS) is 18.8. The predicted molar refractivity (Wildman–Crippen MR) is 79.2 cm³/mol. The Morgan fingerprint density at radius 2 is 2.00 bits per heavy atom. The van der Waals surface area contributed by atoms with Crippen molar-refractivity contribution in [2.24, 2.45) is 17.1 Å². The molecule has 1 amide bonds. The van der Waals surface area contributed by atoms with Gasteiger partial charge in [0.05, 0.1) is 6.04 Å². The molecule has 4 N–H and O–H groups in total. The predicted octanol–water partition coefficient (Wildman–Crippen LogP) is 1.05. The van der Waals surface area contributed by atoms with Gasteiger partial charge >= 0.3 is 0 Å². The Hall–Kier alpha value is -0.650. The van der Waals surface area contributed by atoms with Crippen LogP contribution in [0.5, 0.6) is 0 Å². The van der Waals surface area contributed by atoms with Crippen molar-refractivity contribution in [1.82, 2.24) is 5.32 Å². The molecule has 0 aliphatic carbocycles. The summed E-state index contributed by atoms with van der Waals surface area (Å²) in [5.41, 5.74) is 6.05. The van der Waals surface area contributed by atoms with Gasteiger partial charge in [0.2, 0.25) is 5.91 Å². The van der Waals surface area contributed by atoms with E-state index in [1.54, 1.807) is 0 Å². The number of nitrogens with one attached hydrogen (secondary N) is 1. The number of hydrogen-bond donors (Lipinski definition) is 3. The van der Waals surface area contributed by atoms with Crippen LogP contribution in [0.15, 0.2) is 0 Å². The van der Waals surface area contributed by atoms with Crippen molar-refractivity contribution in [3.05, 3.63) is 0 Å². The maximum absolute atomic E-state index is 12.2. The topological polar surface area (TPSA) is 84.6 Å². The third-order valence-corrected chi connectivity index (χ3v) is 4.86. The molecule has 118 valence electrons. The highest BCUT2D eigenvalue weighted by Gasteiger charge is 2.30. The summed E-state index contributed by atoms with van der Waals surface area (Å²) in [6.45, 7) is 6.35. The smallest absolute Gasteiger partial charge is 0.237 e. The van der Waals surface area contributed by atoms with E-state index in [1.165, 1.54) is 0 Å². The average Bonchev–Trinajstić information content (AvgIpc) is 2.51. The molecule has 0 radical (unpaired) electrons. The minimum Gasteiger partial charge on any atom is -0.396 e. The number of aliphatic hydroxyl groups excluding tert-OH is 1. The molecule has 5 heteroatoms. The summed E-state index contributed by atoms with van der Waals surface area (Å²) in [5.74, 6) is 0.153. The van der Waals surface area contributed by atoms with Gasteiger partial charge in [0.1, 0.15) is 0 Å². The first-order valence-corrected chi connectivity index (χ1v) is 7.80. The van der Waals surface area contributed by atoms with Crippen LogP contribution in [0.2, 0.25) is 0 Å². The molecule has 1 saturated heterocycles. The molecule has 0 bridgehead atoms. The van der Waals surface area contributed by atoms with E-state index in [2.05, 4.69) is 19.2 Å². The van der Waals surface area contributed by atoms with Gasteiger partial charge in [0.25, 0.3) is 0 Å². The fraction of sp³-hybridized carbons (Fsp3) is 0.933. The van der Waals surface area contributed by atoms with E-state index in [4.69, 9.17) is 10.5 Å². The van der Waals surface area contributed by atoms with Crippen LogP contribution in [0.1, 0.15) is 46.0 Å². The van der Waals surface area contributed by atoms with Crippen LogP contribution in [0.25, 0.3) is 0 Å². The first kappa shape index (κ1) is 17.4. The van der Waals surface area contributed by atoms with Crippen LogP contribution in [0.3, 0.4) is 0 Å². The number of nitrogens with two attached hydrogens (primary N) is 1. The number of amides is 1. The Morgan fingerprint density at radius 1 is 1.40 bits per heavy atom. The third kappa shape index (κ3) is 4.72. The third-order valence-electron chi connectivity index (χ3n) is 4.86. The van der Waals surface area contributed by atoms with Gasteiger partial charge in [-0.2, -0.15) is 0 Å². The Balaban J connectivity index is 2.47. The SMILES string of the molecule is CCC(CC)(CCO)CNC(=O)C(N)C1CCOCC1. The van der Waals surface area contributed by atoms with Crippen LogP contribution in [-0.4, -0.2) is 43.4 Å². The maximum Gasteiger partial charge on any atom is 0.237 e. The van der Waals surface area contributed by atoms with Crippen molar-refractivity contribution < 1.29 is 14.6 Å². The Kier molecular flexibility index (Phi) is 7.48. The van der Waals surface area contributed by atoms with E-state index < -0.39 is 6.04 Å². The molecule has 0 spiro atoms. The van der Waals surface area contributed by atoms with Crippen molar-refractivity contribution in [2.75, 3.05) is 26.4 Å². The van der Waals surface area contributed by atoms with Gasteiger partial charge in [-0.3, -0.25) is 4.79 Å². The number of hydrogen-bond acceptors (Lipinski definition) is 4. The van der Waals surface area contributed by atoms with Gasteiger partial charge in [-0.15, -0.1) is 0 Å². The lowest BCUT2D eigenvalue weighted by Crippen LogP contribution is -2.49. The lowest BCUT2D eigenvalue weighted by molar-refractivity contribution is -0.125. The molecule has 1 aliphatic rings. The summed E-state index contributed by atoms with van der Waals surface area (Å²) < 4.78 is 5.30.